The van der Waals surface area contributed by atoms with Crippen LogP contribution in [0.5, 0.6) is 5.75 Å². The van der Waals surface area contributed by atoms with Crippen LogP contribution >= 0.6 is 0 Å². The van der Waals surface area contributed by atoms with E-state index in [1.165, 1.54) is 18.2 Å². The molecule has 2 aromatic carbocycles. The molecule has 0 saturated carbocycles. The quantitative estimate of drug-likeness (QED) is 0.515. The number of hydrogen-bond donors (Lipinski definition) is 1. The standard InChI is InChI=1S/C20H16F3N3O2/c21-20(22,23)14-5-8-16(9-6-14)28-12-11-24-19(27)10-7-15-13-25-17-3-1-2-4-18(17)26-15/h1-10,13H,11-12H2,(H,24,27)/b10-7+. The van der Waals surface area contributed by atoms with Crippen molar-refractivity contribution in [1.29, 1.82) is 0 Å². The normalized spacial score (nSPS) is 11.7. The number of halogens is 3. The molecule has 0 unspecified atom stereocenters. The fraction of sp³-hybridized carbons (Fsp3) is 0.150. The summed E-state index contributed by atoms with van der Waals surface area (Å²) in [7, 11) is 0. The maximum atomic E-state index is 12.5. The first-order valence-electron chi connectivity index (χ1n) is 8.39. The number of nitrogens with one attached hydrogen (secondary N) is 1. The van der Waals surface area contributed by atoms with Crippen molar-refractivity contribution >= 4 is 23.0 Å². The van der Waals surface area contributed by atoms with Gasteiger partial charge in [-0.15, -0.1) is 0 Å². The van der Waals surface area contributed by atoms with Crippen LogP contribution in [0.1, 0.15) is 11.3 Å². The van der Waals surface area contributed by atoms with Gasteiger partial charge in [-0.05, 0) is 42.5 Å². The van der Waals surface area contributed by atoms with Crippen molar-refractivity contribution in [3.05, 3.63) is 72.1 Å². The van der Waals surface area contributed by atoms with Crippen molar-refractivity contribution in [2.75, 3.05) is 13.2 Å². The molecule has 28 heavy (non-hydrogen) atoms. The second-order valence-corrected chi connectivity index (χ2v) is 5.78. The summed E-state index contributed by atoms with van der Waals surface area (Å²) in [4.78, 5) is 20.4. The third kappa shape index (κ3) is 5.29. The molecule has 0 aliphatic rings. The van der Waals surface area contributed by atoms with E-state index in [0.29, 0.717) is 11.4 Å². The molecule has 1 heterocycles. The van der Waals surface area contributed by atoms with Gasteiger partial charge < -0.3 is 10.1 Å². The molecule has 0 radical (unpaired) electrons. The van der Waals surface area contributed by atoms with E-state index >= 15 is 0 Å². The van der Waals surface area contributed by atoms with Gasteiger partial charge in [0.1, 0.15) is 12.4 Å². The monoisotopic (exact) mass is 387 g/mol. The number of carbonyl (C=O) groups is 1. The fourth-order valence-electron chi connectivity index (χ4n) is 2.36. The maximum absolute atomic E-state index is 12.5. The van der Waals surface area contributed by atoms with Gasteiger partial charge in [-0.2, -0.15) is 13.2 Å². The van der Waals surface area contributed by atoms with Crippen LogP contribution in [0, 0.1) is 0 Å². The van der Waals surface area contributed by atoms with E-state index in [0.717, 1.165) is 23.2 Å². The van der Waals surface area contributed by atoms with Gasteiger partial charge in [0.15, 0.2) is 0 Å². The fourth-order valence-corrected chi connectivity index (χ4v) is 2.36. The van der Waals surface area contributed by atoms with Crippen molar-refractivity contribution in [3.63, 3.8) is 0 Å². The van der Waals surface area contributed by atoms with Gasteiger partial charge in [-0.25, -0.2) is 4.98 Å². The van der Waals surface area contributed by atoms with Crippen LogP contribution in [-0.2, 0) is 11.0 Å². The molecule has 8 heteroatoms. The molecule has 5 nitrogen and oxygen atoms in total. The molecule has 0 bridgehead atoms. The van der Waals surface area contributed by atoms with Gasteiger partial charge in [0.2, 0.25) is 5.91 Å². The lowest BCUT2D eigenvalue weighted by Crippen LogP contribution is -2.26. The third-order valence-electron chi connectivity index (χ3n) is 3.72. The number of rotatable bonds is 6. The van der Waals surface area contributed by atoms with Gasteiger partial charge in [0.25, 0.3) is 0 Å². The predicted octanol–water partition coefficient (Wildman–Crippen LogP) is 3.86. The molecule has 3 aromatic rings. The first-order valence-corrected chi connectivity index (χ1v) is 8.39. The van der Waals surface area contributed by atoms with Crippen LogP contribution in [-0.4, -0.2) is 29.0 Å². The molecule has 0 spiro atoms. The summed E-state index contributed by atoms with van der Waals surface area (Å²) in [6.45, 7) is 0.328. The van der Waals surface area contributed by atoms with Gasteiger partial charge in [0, 0.05) is 6.08 Å². The van der Waals surface area contributed by atoms with Crippen LogP contribution in [0.2, 0.25) is 0 Å². The van der Waals surface area contributed by atoms with E-state index in [9.17, 15) is 18.0 Å². The summed E-state index contributed by atoms with van der Waals surface area (Å²) < 4.78 is 42.8. The Bertz CT molecular complexity index is 986. The van der Waals surface area contributed by atoms with E-state index < -0.39 is 11.7 Å². The maximum Gasteiger partial charge on any atom is 0.416 e. The molecule has 0 atom stereocenters. The number of nitrogens with zero attached hydrogens (tertiary/aromatic N) is 2. The highest BCUT2D eigenvalue weighted by molar-refractivity contribution is 5.91. The Morgan fingerprint density at radius 1 is 1.07 bits per heavy atom. The topological polar surface area (TPSA) is 64.1 Å². The number of aromatic nitrogens is 2. The van der Waals surface area contributed by atoms with Crippen molar-refractivity contribution in [2.24, 2.45) is 0 Å². The predicted molar refractivity (Wildman–Crippen MR) is 98.5 cm³/mol. The van der Waals surface area contributed by atoms with E-state index in [2.05, 4.69) is 15.3 Å². The number of carbonyl (C=O) groups excluding carboxylic acids is 1. The average molecular weight is 387 g/mol. The Hall–Kier alpha value is -3.42. The third-order valence-corrected chi connectivity index (χ3v) is 3.72. The SMILES string of the molecule is O=C(/C=C/c1cnc2ccccc2n1)NCCOc1ccc(C(F)(F)F)cc1. The Morgan fingerprint density at radius 3 is 2.50 bits per heavy atom. The highest BCUT2D eigenvalue weighted by Crippen LogP contribution is 2.30. The van der Waals surface area contributed by atoms with Gasteiger partial charge in [-0.1, -0.05) is 12.1 Å². The van der Waals surface area contributed by atoms with E-state index in [4.69, 9.17) is 4.74 Å². The second kappa shape index (κ2) is 8.51. The van der Waals surface area contributed by atoms with Crippen LogP contribution < -0.4 is 10.1 Å². The highest BCUT2D eigenvalue weighted by Gasteiger charge is 2.29. The van der Waals surface area contributed by atoms with Gasteiger partial charge >= 0.3 is 6.18 Å². The Labute approximate surface area is 158 Å². The minimum absolute atomic E-state index is 0.126. The molecule has 1 aromatic heterocycles. The molecule has 0 fully saturated rings. The first-order chi connectivity index (χ1) is 13.4. The summed E-state index contributed by atoms with van der Waals surface area (Å²) in [5, 5.41) is 2.62. The van der Waals surface area contributed by atoms with Crippen molar-refractivity contribution in [3.8, 4) is 5.75 Å². The summed E-state index contributed by atoms with van der Waals surface area (Å²) in [6.07, 6.45) is 0.0660. The van der Waals surface area contributed by atoms with Crippen molar-refractivity contribution < 1.29 is 22.7 Å². The van der Waals surface area contributed by atoms with Crippen molar-refractivity contribution in [1.82, 2.24) is 15.3 Å². The number of alkyl halides is 3. The lowest BCUT2D eigenvalue weighted by molar-refractivity contribution is -0.137. The zero-order valence-electron chi connectivity index (χ0n) is 14.6. The summed E-state index contributed by atoms with van der Waals surface area (Å²) in [6, 6.07) is 11.8. The minimum Gasteiger partial charge on any atom is -0.492 e. The number of para-hydroxylation sites is 2. The Balaban J connectivity index is 1.44. The molecule has 3 rings (SSSR count). The van der Waals surface area contributed by atoms with Crippen molar-refractivity contribution in [2.45, 2.75) is 6.18 Å². The second-order valence-electron chi connectivity index (χ2n) is 5.78. The number of amides is 1. The largest absolute Gasteiger partial charge is 0.492 e. The number of fused-ring (bicyclic) bond motifs is 1. The molecule has 0 saturated heterocycles. The van der Waals surface area contributed by atoms with Crippen LogP contribution in [0.4, 0.5) is 13.2 Å². The lowest BCUT2D eigenvalue weighted by Gasteiger charge is -2.09. The molecule has 0 aliphatic heterocycles. The van der Waals surface area contributed by atoms with Gasteiger partial charge in [0.05, 0.1) is 35.0 Å². The number of ether oxygens (including phenoxy) is 1. The molecular formula is C20H16F3N3O2. The molecule has 144 valence electrons. The average Bonchev–Trinajstić information content (AvgIpc) is 2.69. The number of hydrogen-bond acceptors (Lipinski definition) is 4. The van der Waals surface area contributed by atoms with Crippen LogP contribution in [0.25, 0.3) is 17.1 Å². The smallest absolute Gasteiger partial charge is 0.416 e. The molecule has 1 N–H and O–H groups in total. The summed E-state index contributed by atoms with van der Waals surface area (Å²) >= 11 is 0. The summed E-state index contributed by atoms with van der Waals surface area (Å²) in [5.74, 6) is -0.0461. The Kier molecular flexibility index (Phi) is 5.88. The van der Waals surface area contributed by atoms with Gasteiger partial charge in [-0.3, -0.25) is 9.78 Å². The molecule has 0 aliphatic carbocycles. The highest BCUT2D eigenvalue weighted by atomic mass is 19.4. The first kappa shape index (κ1) is 19.3. The zero-order chi connectivity index (χ0) is 20.0. The Morgan fingerprint density at radius 2 is 1.79 bits per heavy atom. The minimum atomic E-state index is -4.38. The molecular weight excluding hydrogens is 371 g/mol. The molecule has 1 amide bonds. The van der Waals surface area contributed by atoms with Crippen LogP contribution in [0.3, 0.4) is 0 Å². The van der Waals surface area contributed by atoms with E-state index in [1.807, 2.05) is 24.3 Å². The summed E-state index contributed by atoms with van der Waals surface area (Å²) in [5.41, 5.74) is 1.31. The van der Waals surface area contributed by atoms with E-state index in [1.54, 1.807) is 12.3 Å². The van der Waals surface area contributed by atoms with E-state index in [-0.39, 0.29) is 19.1 Å². The number of benzene rings is 2. The van der Waals surface area contributed by atoms with Crippen LogP contribution in [0.15, 0.2) is 60.8 Å². The zero-order valence-corrected chi connectivity index (χ0v) is 14.6. The lowest BCUT2D eigenvalue weighted by atomic mass is 10.2.